The fourth-order valence-corrected chi connectivity index (χ4v) is 5.21. The van der Waals surface area contributed by atoms with Crippen molar-refractivity contribution >= 4 is 11.0 Å². The molecule has 2 aromatic heterocycles. The maximum Gasteiger partial charge on any atom is 0.0774 e. The van der Waals surface area contributed by atoms with Gasteiger partial charge in [0.2, 0.25) is 0 Å². The van der Waals surface area contributed by atoms with Crippen molar-refractivity contribution in [1.82, 2.24) is 14.5 Å². The van der Waals surface area contributed by atoms with E-state index in [1.54, 1.807) is 6.20 Å². The van der Waals surface area contributed by atoms with Gasteiger partial charge in [-0.25, -0.2) is 0 Å². The number of rotatable bonds is 1. The molecule has 0 fully saturated rings. The first-order valence-electron chi connectivity index (χ1n) is 12.9. The summed E-state index contributed by atoms with van der Waals surface area (Å²) in [7, 11) is 0. The van der Waals surface area contributed by atoms with Gasteiger partial charge in [-0.15, -0.1) is 65.7 Å². The molecule has 0 atom stereocenters. The molecule has 0 N–H and O–H groups in total. The summed E-state index contributed by atoms with van der Waals surface area (Å²) in [4.78, 5) is 9.22. The molecule has 4 heteroatoms. The molecule has 0 saturated carbocycles. The molecular formula is C36H23IrN3-2. The fourth-order valence-electron chi connectivity index (χ4n) is 5.21. The van der Waals surface area contributed by atoms with Gasteiger partial charge in [-0.05, 0) is 35.5 Å². The summed E-state index contributed by atoms with van der Waals surface area (Å²) in [5, 5.41) is 0. The van der Waals surface area contributed by atoms with E-state index in [1.165, 1.54) is 22.3 Å². The zero-order chi connectivity index (χ0) is 26.0. The molecule has 8 rings (SSSR count). The number of hydrogen-bond acceptors (Lipinski definition) is 2. The first-order valence-corrected chi connectivity index (χ1v) is 12.9. The van der Waals surface area contributed by atoms with E-state index in [-0.39, 0.29) is 20.1 Å². The molecule has 0 saturated heterocycles. The summed E-state index contributed by atoms with van der Waals surface area (Å²) in [5.41, 5.74) is 11.1. The van der Waals surface area contributed by atoms with E-state index < -0.39 is 0 Å². The van der Waals surface area contributed by atoms with Crippen LogP contribution in [0.25, 0.3) is 61.6 Å². The van der Waals surface area contributed by atoms with Gasteiger partial charge < -0.3 is 9.55 Å². The van der Waals surface area contributed by atoms with Crippen molar-refractivity contribution in [3.8, 4) is 50.6 Å². The van der Waals surface area contributed by atoms with Crippen molar-refractivity contribution in [2.24, 2.45) is 0 Å². The third kappa shape index (κ3) is 4.58. The molecule has 0 bridgehead atoms. The first-order chi connectivity index (χ1) is 19.4. The Labute approximate surface area is 247 Å². The average Bonchev–Trinajstić information content (AvgIpc) is 3.41. The smallest absolute Gasteiger partial charge is 0.0774 e. The largest absolute Gasteiger partial charge is 0.333 e. The van der Waals surface area contributed by atoms with Crippen LogP contribution in [-0.4, -0.2) is 14.5 Å². The van der Waals surface area contributed by atoms with Crippen molar-refractivity contribution in [2.75, 3.05) is 0 Å². The van der Waals surface area contributed by atoms with Crippen molar-refractivity contribution in [2.45, 2.75) is 0 Å². The molecule has 0 spiro atoms. The van der Waals surface area contributed by atoms with Crippen LogP contribution < -0.4 is 0 Å². The van der Waals surface area contributed by atoms with E-state index in [4.69, 9.17) is 4.98 Å². The van der Waals surface area contributed by atoms with E-state index in [0.717, 1.165) is 39.4 Å². The third-order valence-electron chi connectivity index (χ3n) is 6.94. The zero-order valence-electron chi connectivity index (χ0n) is 21.5. The molecule has 3 heterocycles. The van der Waals surface area contributed by atoms with E-state index in [9.17, 15) is 0 Å². The van der Waals surface area contributed by atoms with Crippen molar-refractivity contribution < 1.29 is 20.1 Å². The molecule has 3 nitrogen and oxygen atoms in total. The standard InChI is InChI=1S/C25H15N2.C11H8N.Ir/c1-2-10-18-17(9-1)19-11-3-4-13-21(19)25-26-22-14-6-8-16-24(22)27(25)23-15-7-5-12-20(18)23;1-2-6-10(7-3-1)11-8-4-5-9-12-11;/h1-12,14-16H;1-6,8-9H;/q2*-1;. The van der Waals surface area contributed by atoms with Crippen LogP contribution in [0.5, 0.6) is 0 Å². The van der Waals surface area contributed by atoms with Crippen LogP contribution in [0.2, 0.25) is 0 Å². The molecule has 5 aromatic carbocycles. The van der Waals surface area contributed by atoms with Crippen LogP contribution in [0.4, 0.5) is 0 Å². The molecule has 193 valence electrons. The minimum atomic E-state index is 0. The van der Waals surface area contributed by atoms with Gasteiger partial charge >= 0.3 is 0 Å². The normalized spacial score (nSPS) is 10.8. The molecule has 1 aliphatic rings. The second kappa shape index (κ2) is 11.2. The summed E-state index contributed by atoms with van der Waals surface area (Å²) < 4.78 is 2.27. The van der Waals surface area contributed by atoms with Gasteiger partial charge in [0.15, 0.2) is 0 Å². The quantitative estimate of drug-likeness (QED) is 0.162. The Bertz CT molecular complexity index is 1870. The van der Waals surface area contributed by atoms with Crippen molar-refractivity contribution in [3.63, 3.8) is 0 Å². The number of nitrogens with zero attached hydrogens (tertiary/aromatic N) is 3. The van der Waals surface area contributed by atoms with E-state index >= 15 is 0 Å². The molecule has 0 unspecified atom stereocenters. The number of benzene rings is 5. The maximum absolute atomic E-state index is 5.00. The maximum atomic E-state index is 5.00. The van der Waals surface area contributed by atoms with Gasteiger partial charge in [0.05, 0.1) is 16.9 Å². The monoisotopic (exact) mass is 690 g/mol. The van der Waals surface area contributed by atoms with Crippen LogP contribution in [-0.2, 0) is 20.1 Å². The van der Waals surface area contributed by atoms with Crippen molar-refractivity contribution in [3.05, 3.63) is 152 Å². The molecule has 0 aliphatic carbocycles. The summed E-state index contributed by atoms with van der Waals surface area (Å²) in [6.45, 7) is 0. The fraction of sp³-hybridized carbons (Fsp3) is 0. The molecule has 1 aliphatic heterocycles. The second-order valence-corrected chi connectivity index (χ2v) is 9.27. The summed E-state index contributed by atoms with van der Waals surface area (Å²) in [6, 6.07) is 52.0. The Morgan fingerprint density at radius 2 is 1.23 bits per heavy atom. The average molecular weight is 690 g/mol. The summed E-state index contributed by atoms with van der Waals surface area (Å²) in [5.74, 6) is 0.939. The van der Waals surface area contributed by atoms with Crippen LogP contribution in [0.3, 0.4) is 0 Å². The van der Waals surface area contributed by atoms with Crippen LogP contribution in [0.15, 0.2) is 140 Å². The van der Waals surface area contributed by atoms with Crippen LogP contribution in [0.1, 0.15) is 0 Å². The van der Waals surface area contributed by atoms with Crippen molar-refractivity contribution in [1.29, 1.82) is 0 Å². The number of hydrogen-bond donors (Lipinski definition) is 0. The Morgan fingerprint density at radius 1 is 0.550 bits per heavy atom. The Kier molecular flexibility index (Phi) is 7.20. The predicted octanol–water partition coefficient (Wildman–Crippen LogP) is 8.69. The van der Waals surface area contributed by atoms with Gasteiger partial charge in [0.1, 0.15) is 0 Å². The van der Waals surface area contributed by atoms with Gasteiger partial charge in [0, 0.05) is 37.6 Å². The topological polar surface area (TPSA) is 30.7 Å². The van der Waals surface area contributed by atoms with E-state index in [0.29, 0.717) is 0 Å². The minimum Gasteiger partial charge on any atom is -0.333 e. The Hall–Kier alpha value is -4.63. The van der Waals surface area contributed by atoms with E-state index in [2.05, 4.69) is 101 Å². The molecule has 7 aromatic rings. The Morgan fingerprint density at radius 3 is 2.02 bits per heavy atom. The van der Waals surface area contributed by atoms with E-state index in [1.807, 2.05) is 54.6 Å². The number of imidazole rings is 1. The molecule has 1 radical (unpaired) electrons. The second-order valence-electron chi connectivity index (χ2n) is 9.27. The SMILES string of the molecule is [Ir].[c-]1cccc2c1-c1nc3ccccc3n1-c1ccccc1-c1ccccc1-2.[c-]1ccccc1-c1ccccn1. The number of fused-ring (bicyclic) bond motifs is 10. The number of pyridine rings is 1. The number of aromatic nitrogens is 3. The molecule has 40 heavy (non-hydrogen) atoms. The number of para-hydroxylation sites is 3. The third-order valence-corrected chi connectivity index (χ3v) is 6.94. The molecular weight excluding hydrogens is 667 g/mol. The zero-order valence-corrected chi connectivity index (χ0v) is 23.8. The predicted molar refractivity (Wildman–Crippen MR) is 158 cm³/mol. The Balaban J connectivity index is 0.000000188. The van der Waals surface area contributed by atoms with Gasteiger partial charge in [-0.2, -0.15) is 0 Å². The van der Waals surface area contributed by atoms with Crippen LogP contribution >= 0.6 is 0 Å². The summed E-state index contributed by atoms with van der Waals surface area (Å²) in [6.07, 6.45) is 1.79. The summed E-state index contributed by atoms with van der Waals surface area (Å²) >= 11 is 0. The van der Waals surface area contributed by atoms with Gasteiger partial charge in [-0.3, -0.25) is 4.98 Å². The van der Waals surface area contributed by atoms with Gasteiger partial charge in [-0.1, -0.05) is 77.9 Å². The first kappa shape index (κ1) is 25.6. The van der Waals surface area contributed by atoms with Crippen LogP contribution in [0, 0.1) is 12.1 Å². The van der Waals surface area contributed by atoms with Gasteiger partial charge in [0.25, 0.3) is 0 Å². The minimum absolute atomic E-state index is 0. The molecule has 0 amide bonds.